The number of amides is 4. The summed E-state index contributed by atoms with van der Waals surface area (Å²) < 4.78 is 8.66. The van der Waals surface area contributed by atoms with Crippen LogP contribution in [0.3, 0.4) is 0 Å². The molecule has 0 fully saturated rings. The lowest BCUT2D eigenvalue weighted by atomic mass is 10.1. The van der Waals surface area contributed by atoms with E-state index in [2.05, 4.69) is 0 Å². The second-order valence-corrected chi connectivity index (χ2v) is 19.3. The molecular formula is C22H24N2O5Si2. The minimum absolute atomic E-state index is 0.265. The highest BCUT2D eigenvalue weighted by molar-refractivity contribution is 6.79. The van der Waals surface area contributed by atoms with Crippen molar-refractivity contribution in [2.45, 2.75) is 39.3 Å². The molecule has 0 radical (unpaired) electrons. The number of fused-ring (bicyclic) bond motifs is 2. The van der Waals surface area contributed by atoms with Gasteiger partial charge in [-0.25, -0.2) is 0 Å². The van der Waals surface area contributed by atoms with Crippen molar-refractivity contribution >= 4 is 40.1 Å². The molecule has 0 bridgehead atoms. The Balaban J connectivity index is 1.64. The zero-order chi connectivity index (χ0) is 22.9. The van der Waals surface area contributed by atoms with Gasteiger partial charge in [-0.15, -0.1) is 0 Å². The van der Waals surface area contributed by atoms with Crippen molar-refractivity contribution in [1.29, 1.82) is 0 Å². The summed E-state index contributed by atoms with van der Waals surface area (Å²) >= 11 is 0. The number of nitrogens with zero attached hydrogens (tertiary/aromatic N) is 2. The monoisotopic (exact) mass is 452 g/mol. The average Bonchev–Trinajstić information content (AvgIpc) is 3.05. The van der Waals surface area contributed by atoms with Crippen LogP contribution in [0.4, 0.5) is 0 Å². The van der Waals surface area contributed by atoms with Crippen LogP contribution in [0.5, 0.6) is 11.5 Å². The second-order valence-electron chi connectivity index (χ2n) is 9.75. The maximum Gasteiger partial charge on any atom is 0.253 e. The van der Waals surface area contributed by atoms with Gasteiger partial charge in [0.05, 0.1) is 22.3 Å². The lowest BCUT2D eigenvalue weighted by molar-refractivity contribution is 0.0735. The zero-order valence-corrected chi connectivity index (χ0v) is 20.4. The smallest absolute Gasteiger partial charge is 0.253 e. The summed E-state index contributed by atoms with van der Waals surface area (Å²) in [6, 6.07) is 9.58. The summed E-state index contributed by atoms with van der Waals surface area (Å²) in [4.78, 5) is 51.0. The van der Waals surface area contributed by atoms with E-state index in [9.17, 15) is 19.2 Å². The van der Waals surface area contributed by atoms with Gasteiger partial charge in [0, 0.05) is 0 Å². The Morgan fingerprint density at radius 1 is 0.548 bits per heavy atom. The van der Waals surface area contributed by atoms with Crippen molar-refractivity contribution in [3.8, 4) is 11.5 Å². The average molecular weight is 453 g/mol. The van der Waals surface area contributed by atoms with Crippen LogP contribution in [0.2, 0.25) is 39.3 Å². The van der Waals surface area contributed by atoms with E-state index in [0.29, 0.717) is 33.8 Å². The molecule has 2 heterocycles. The molecule has 0 saturated heterocycles. The van der Waals surface area contributed by atoms with E-state index in [1.165, 1.54) is 9.13 Å². The standard InChI is InChI=1S/C22H24N2O5Si2/c1-30(2,3)23-19(25)15-9-7-13(11-17(15)21(23)27)29-14-8-10-16-18(12-14)22(28)24(20(16)26)31(4,5)6/h7-12H,1-6H3. The SMILES string of the molecule is C[Si](C)(C)N1C(=O)c2ccc(Oc3ccc4c(c3)C(=O)N([Si](C)(C)C)C4=O)cc2C1=O. The van der Waals surface area contributed by atoms with E-state index in [1.807, 2.05) is 39.3 Å². The van der Waals surface area contributed by atoms with E-state index in [-0.39, 0.29) is 23.6 Å². The van der Waals surface area contributed by atoms with E-state index >= 15 is 0 Å². The van der Waals surface area contributed by atoms with Gasteiger partial charge in [0.15, 0.2) is 16.5 Å². The second kappa shape index (κ2) is 6.73. The molecule has 160 valence electrons. The minimum atomic E-state index is -2.17. The van der Waals surface area contributed by atoms with Crippen molar-refractivity contribution in [2.75, 3.05) is 0 Å². The Labute approximate surface area is 182 Å². The molecule has 7 nitrogen and oxygen atoms in total. The van der Waals surface area contributed by atoms with Crippen LogP contribution in [0.15, 0.2) is 36.4 Å². The molecule has 0 atom stereocenters. The van der Waals surface area contributed by atoms with Crippen LogP contribution in [0, 0.1) is 0 Å². The first-order chi connectivity index (χ1) is 14.3. The predicted octanol–water partition coefficient (Wildman–Crippen LogP) is 4.34. The topological polar surface area (TPSA) is 84.0 Å². The molecule has 0 aromatic heterocycles. The van der Waals surface area contributed by atoms with Gasteiger partial charge in [-0.2, -0.15) is 0 Å². The molecule has 9 heteroatoms. The maximum absolute atomic E-state index is 12.8. The predicted molar refractivity (Wildman–Crippen MR) is 121 cm³/mol. The minimum Gasteiger partial charge on any atom is -0.457 e. The van der Waals surface area contributed by atoms with Crippen molar-refractivity contribution < 1.29 is 23.9 Å². The lowest BCUT2D eigenvalue weighted by Crippen LogP contribution is -2.49. The normalized spacial score (nSPS) is 16.2. The van der Waals surface area contributed by atoms with Crippen LogP contribution in [-0.2, 0) is 0 Å². The molecule has 31 heavy (non-hydrogen) atoms. The number of carbonyl (C=O) groups excluding carboxylic acids is 4. The summed E-state index contributed by atoms with van der Waals surface area (Å²) in [7, 11) is -4.33. The maximum atomic E-state index is 12.8. The number of ether oxygens (including phenoxy) is 1. The molecule has 2 aliphatic heterocycles. The van der Waals surface area contributed by atoms with E-state index in [1.54, 1.807) is 36.4 Å². The van der Waals surface area contributed by atoms with Gasteiger partial charge in [0.25, 0.3) is 23.6 Å². The van der Waals surface area contributed by atoms with Crippen molar-refractivity contribution in [3.63, 3.8) is 0 Å². The number of hydrogen-bond donors (Lipinski definition) is 0. The van der Waals surface area contributed by atoms with E-state index < -0.39 is 16.5 Å². The van der Waals surface area contributed by atoms with E-state index in [4.69, 9.17) is 4.74 Å². The Kier molecular flexibility index (Phi) is 4.60. The van der Waals surface area contributed by atoms with Crippen LogP contribution < -0.4 is 4.74 Å². The molecule has 0 spiro atoms. The molecule has 0 unspecified atom stereocenters. The number of rotatable bonds is 4. The summed E-state index contributed by atoms with van der Waals surface area (Å²) in [6.45, 7) is 11.7. The van der Waals surface area contributed by atoms with Crippen LogP contribution in [-0.4, -0.2) is 49.2 Å². The molecule has 0 N–H and O–H groups in total. The van der Waals surface area contributed by atoms with Crippen molar-refractivity contribution in [3.05, 3.63) is 58.7 Å². The quantitative estimate of drug-likeness (QED) is 0.509. The van der Waals surface area contributed by atoms with Gasteiger partial charge < -0.3 is 13.9 Å². The first-order valence-electron chi connectivity index (χ1n) is 10.0. The third-order valence-corrected chi connectivity index (χ3v) is 8.79. The summed E-state index contributed by atoms with van der Waals surface area (Å²) in [5.41, 5.74) is 1.39. The Morgan fingerprint density at radius 2 is 0.871 bits per heavy atom. The number of benzene rings is 2. The fourth-order valence-electron chi connectivity index (χ4n) is 3.92. The molecule has 2 aliphatic rings. The Morgan fingerprint density at radius 3 is 1.19 bits per heavy atom. The highest BCUT2D eigenvalue weighted by atomic mass is 28.3. The zero-order valence-electron chi connectivity index (χ0n) is 18.4. The largest absolute Gasteiger partial charge is 0.457 e. The van der Waals surface area contributed by atoms with Crippen LogP contribution >= 0.6 is 0 Å². The summed E-state index contributed by atoms with van der Waals surface area (Å²) in [6.07, 6.45) is 0. The first kappa shape index (κ1) is 21.2. The van der Waals surface area contributed by atoms with Crippen molar-refractivity contribution in [2.24, 2.45) is 0 Å². The molecule has 2 aromatic rings. The highest BCUT2D eigenvalue weighted by Crippen LogP contribution is 2.34. The Bertz CT molecular complexity index is 1090. The number of imide groups is 2. The van der Waals surface area contributed by atoms with Gasteiger partial charge in [-0.3, -0.25) is 19.2 Å². The Hall–Kier alpha value is -3.05. The number of carbonyl (C=O) groups is 4. The van der Waals surface area contributed by atoms with Gasteiger partial charge in [0.1, 0.15) is 11.5 Å². The van der Waals surface area contributed by atoms with Crippen molar-refractivity contribution in [1.82, 2.24) is 9.13 Å². The summed E-state index contributed by atoms with van der Waals surface area (Å²) in [5, 5.41) is 0. The van der Waals surface area contributed by atoms with Gasteiger partial charge in [0.2, 0.25) is 0 Å². The third kappa shape index (κ3) is 3.33. The molecule has 4 amide bonds. The molecule has 2 aromatic carbocycles. The molecular weight excluding hydrogens is 428 g/mol. The van der Waals surface area contributed by atoms with Gasteiger partial charge >= 0.3 is 0 Å². The van der Waals surface area contributed by atoms with E-state index in [0.717, 1.165) is 0 Å². The summed E-state index contributed by atoms with van der Waals surface area (Å²) in [5.74, 6) is -0.361. The molecule has 0 saturated carbocycles. The van der Waals surface area contributed by atoms with Crippen LogP contribution in [0.25, 0.3) is 0 Å². The number of hydrogen-bond acceptors (Lipinski definition) is 5. The first-order valence-corrected chi connectivity index (χ1v) is 16.9. The third-order valence-electron chi connectivity index (χ3n) is 5.29. The van der Waals surface area contributed by atoms with Crippen LogP contribution in [0.1, 0.15) is 41.4 Å². The molecule has 0 aliphatic carbocycles. The highest BCUT2D eigenvalue weighted by Gasteiger charge is 2.44. The van der Waals surface area contributed by atoms with Gasteiger partial charge in [-0.05, 0) is 36.4 Å². The van der Waals surface area contributed by atoms with Gasteiger partial charge in [-0.1, -0.05) is 39.3 Å². The fraction of sp³-hybridized carbons (Fsp3) is 0.273. The molecule has 4 rings (SSSR count). The fourth-order valence-corrected chi connectivity index (χ4v) is 6.84. The lowest BCUT2D eigenvalue weighted by Gasteiger charge is -2.27.